The van der Waals surface area contributed by atoms with Crippen LogP contribution in [-0.2, 0) is 16.0 Å². The highest BCUT2D eigenvalue weighted by molar-refractivity contribution is 5.76. The van der Waals surface area contributed by atoms with Crippen LogP contribution in [0, 0.1) is 0 Å². The van der Waals surface area contributed by atoms with Crippen LogP contribution in [0.25, 0.3) is 0 Å². The third kappa shape index (κ3) is 6.31. The first-order chi connectivity index (χ1) is 12.5. The Bertz CT molecular complexity index is 583. The van der Waals surface area contributed by atoms with Crippen LogP contribution in [-0.4, -0.2) is 67.7 Å². The van der Waals surface area contributed by atoms with Gasteiger partial charge in [-0.3, -0.25) is 4.79 Å². The Morgan fingerprint density at radius 1 is 1.15 bits per heavy atom. The number of esters is 1. The highest BCUT2D eigenvalue weighted by Gasteiger charge is 2.21. The highest BCUT2D eigenvalue weighted by atomic mass is 16.6. The lowest BCUT2D eigenvalue weighted by Gasteiger charge is -2.31. The molecule has 7 nitrogen and oxygen atoms in total. The summed E-state index contributed by atoms with van der Waals surface area (Å²) < 4.78 is 10.5. The van der Waals surface area contributed by atoms with Crippen LogP contribution in [0.15, 0.2) is 24.3 Å². The van der Waals surface area contributed by atoms with Crippen molar-refractivity contribution in [1.82, 2.24) is 9.80 Å². The van der Waals surface area contributed by atoms with Gasteiger partial charge in [0.25, 0.3) is 0 Å². The molecule has 1 atom stereocenters. The lowest BCUT2D eigenvalue weighted by Crippen LogP contribution is -2.48. The number of piperazine rings is 1. The van der Waals surface area contributed by atoms with Gasteiger partial charge >= 0.3 is 12.1 Å². The number of benzene rings is 1. The normalized spacial score (nSPS) is 16.2. The molecule has 0 aromatic heterocycles. The van der Waals surface area contributed by atoms with E-state index >= 15 is 0 Å². The predicted molar refractivity (Wildman–Crippen MR) is 99.1 cm³/mol. The van der Waals surface area contributed by atoms with Gasteiger partial charge in [-0.15, -0.1) is 0 Å². The molecule has 1 amide bonds. The zero-order valence-electron chi connectivity index (χ0n) is 15.6. The smallest absolute Gasteiger partial charge is 0.415 e. The number of rotatable bonds is 7. The maximum atomic E-state index is 12.2. The number of amides is 1. The molecule has 0 spiro atoms. The van der Waals surface area contributed by atoms with Gasteiger partial charge in [0, 0.05) is 26.2 Å². The van der Waals surface area contributed by atoms with Crippen molar-refractivity contribution in [3.05, 3.63) is 29.8 Å². The molecule has 1 heterocycles. The standard InChI is InChI=1S/C19H29N3O4/c1-3-4-13-25-18(23)17(20)14-15-5-7-16(8-6-15)26-19(24)22-11-9-21(2)10-12-22/h5-8,17H,3-4,9-14,20H2,1-2H3/t17-/m0/s1. The van der Waals surface area contributed by atoms with Crippen molar-refractivity contribution in [1.29, 1.82) is 0 Å². The van der Waals surface area contributed by atoms with E-state index in [9.17, 15) is 9.59 Å². The van der Waals surface area contributed by atoms with E-state index in [-0.39, 0.29) is 12.1 Å². The molecule has 2 N–H and O–H groups in total. The molecule has 2 rings (SSSR count). The fourth-order valence-electron chi connectivity index (χ4n) is 2.61. The van der Waals surface area contributed by atoms with E-state index < -0.39 is 6.04 Å². The van der Waals surface area contributed by atoms with Gasteiger partial charge in [-0.25, -0.2) is 4.79 Å². The molecule has 26 heavy (non-hydrogen) atoms. The van der Waals surface area contributed by atoms with Gasteiger partial charge < -0.3 is 25.0 Å². The van der Waals surface area contributed by atoms with Crippen molar-refractivity contribution in [3.63, 3.8) is 0 Å². The minimum absolute atomic E-state index is 0.331. The monoisotopic (exact) mass is 363 g/mol. The van der Waals surface area contributed by atoms with Gasteiger partial charge in [0.1, 0.15) is 11.8 Å². The minimum atomic E-state index is -0.689. The van der Waals surface area contributed by atoms with E-state index in [4.69, 9.17) is 15.2 Å². The Kier molecular flexibility index (Phi) is 7.87. The van der Waals surface area contributed by atoms with Crippen LogP contribution in [0.4, 0.5) is 4.79 Å². The fourth-order valence-corrected chi connectivity index (χ4v) is 2.61. The van der Waals surface area contributed by atoms with Gasteiger partial charge in [0.2, 0.25) is 0 Å². The predicted octanol–water partition coefficient (Wildman–Crippen LogP) is 1.65. The third-order valence-electron chi connectivity index (χ3n) is 4.39. The summed E-state index contributed by atoms with van der Waals surface area (Å²) >= 11 is 0. The topological polar surface area (TPSA) is 85.1 Å². The number of hydrogen-bond acceptors (Lipinski definition) is 6. The molecule has 0 saturated carbocycles. The second-order valence-electron chi connectivity index (χ2n) is 6.63. The number of carbonyl (C=O) groups is 2. The number of hydrogen-bond donors (Lipinski definition) is 1. The lowest BCUT2D eigenvalue weighted by atomic mass is 10.1. The summed E-state index contributed by atoms with van der Waals surface area (Å²) in [4.78, 5) is 27.8. The molecule has 1 fully saturated rings. The molecule has 1 aliphatic rings. The first-order valence-corrected chi connectivity index (χ1v) is 9.16. The molecule has 1 aromatic rings. The Morgan fingerprint density at radius 3 is 2.42 bits per heavy atom. The number of unbranched alkanes of at least 4 members (excludes halogenated alkanes) is 1. The lowest BCUT2D eigenvalue weighted by molar-refractivity contribution is -0.145. The second-order valence-corrected chi connectivity index (χ2v) is 6.63. The highest BCUT2D eigenvalue weighted by Crippen LogP contribution is 2.15. The molecular weight excluding hydrogens is 334 g/mol. The average molecular weight is 363 g/mol. The molecule has 0 unspecified atom stereocenters. The van der Waals surface area contributed by atoms with Gasteiger partial charge in [0.15, 0.2) is 0 Å². The van der Waals surface area contributed by atoms with Crippen LogP contribution in [0.2, 0.25) is 0 Å². The summed E-state index contributed by atoms with van der Waals surface area (Å²) in [6, 6.07) is 6.37. The number of nitrogens with zero attached hydrogens (tertiary/aromatic N) is 2. The maximum Gasteiger partial charge on any atom is 0.415 e. The van der Waals surface area contributed by atoms with E-state index in [1.165, 1.54) is 0 Å². The van der Waals surface area contributed by atoms with Crippen molar-refractivity contribution >= 4 is 12.1 Å². The van der Waals surface area contributed by atoms with Crippen LogP contribution >= 0.6 is 0 Å². The van der Waals surface area contributed by atoms with Crippen LogP contribution in [0.1, 0.15) is 25.3 Å². The van der Waals surface area contributed by atoms with Crippen molar-refractivity contribution in [2.24, 2.45) is 5.73 Å². The first-order valence-electron chi connectivity index (χ1n) is 9.16. The summed E-state index contributed by atoms with van der Waals surface area (Å²) in [7, 11) is 2.03. The second kappa shape index (κ2) is 10.1. The molecule has 1 aliphatic heterocycles. The molecule has 1 aromatic carbocycles. The maximum absolute atomic E-state index is 12.2. The fraction of sp³-hybridized carbons (Fsp3) is 0.579. The van der Waals surface area contributed by atoms with Crippen molar-refractivity contribution in [3.8, 4) is 5.75 Å². The van der Waals surface area contributed by atoms with E-state index in [0.717, 1.165) is 31.5 Å². The average Bonchev–Trinajstić information content (AvgIpc) is 2.64. The van der Waals surface area contributed by atoms with Crippen molar-refractivity contribution in [2.75, 3.05) is 39.8 Å². The molecule has 0 bridgehead atoms. The molecular formula is C19H29N3O4. The van der Waals surface area contributed by atoms with Gasteiger partial charge in [-0.2, -0.15) is 0 Å². The van der Waals surface area contributed by atoms with Gasteiger partial charge in [0.05, 0.1) is 6.61 Å². The van der Waals surface area contributed by atoms with E-state index in [0.29, 0.717) is 31.9 Å². The largest absolute Gasteiger partial charge is 0.465 e. The Balaban J connectivity index is 1.80. The van der Waals surface area contributed by atoms with E-state index in [2.05, 4.69) is 4.90 Å². The van der Waals surface area contributed by atoms with Crippen molar-refractivity contribution < 1.29 is 19.1 Å². The Hall–Kier alpha value is -2.12. The Labute approximate surface area is 155 Å². The SMILES string of the molecule is CCCCOC(=O)[C@@H](N)Cc1ccc(OC(=O)N2CCN(C)CC2)cc1. The zero-order chi connectivity index (χ0) is 18.9. The first kappa shape index (κ1) is 20.2. The summed E-state index contributed by atoms with van der Waals surface area (Å²) in [5, 5.41) is 0. The molecule has 0 radical (unpaired) electrons. The summed E-state index contributed by atoms with van der Waals surface area (Å²) in [6.45, 7) is 5.47. The summed E-state index contributed by atoms with van der Waals surface area (Å²) in [5.41, 5.74) is 6.78. The molecule has 1 saturated heterocycles. The number of carbonyl (C=O) groups excluding carboxylic acids is 2. The third-order valence-corrected chi connectivity index (χ3v) is 4.39. The van der Waals surface area contributed by atoms with E-state index in [1.54, 1.807) is 17.0 Å². The van der Waals surface area contributed by atoms with Gasteiger partial charge in [-0.1, -0.05) is 25.5 Å². The number of likely N-dealkylation sites (N-methyl/N-ethyl adjacent to an activating group) is 1. The number of nitrogens with two attached hydrogens (primary N) is 1. The molecule has 7 heteroatoms. The number of ether oxygens (including phenoxy) is 2. The van der Waals surface area contributed by atoms with Crippen molar-refractivity contribution in [2.45, 2.75) is 32.2 Å². The van der Waals surface area contributed by atoms with E-state index in [1.807, 2.05) is 26.1 Å². The van der Waals surface area contributed by atoms with Crippen LogP contribution < -0.4 is 10.5 Å². The van der Waals surface area contributed by atoms with Crippen LogP contribution in [0.5, 0.6) is 5.75 Å². The van der Waals surface area contributed by atoms with Gasteiger partial charge in [-0.05, 0) is 37.6 Å². The minimum Gasteiger partial charge on any atom is -0.465 e. The molecule has 0 aliphatic carbocycles. The summed E-state index contributed by atoms with van der Waals surface area (Å²) in [6.07, 6.45) is 1.86. The zero-order valence-corrected chi connectivity index (χ0v) is 15.6. The van der Waals surface area contributed by atoms with Crippen LogP contribution in [0.3, 0.4) is 0 Å². The molecule has 144 valence electrons. The summed E-state index contributed by atoms with van der Waals surface area (Å²) in [5.74, 6) is 0.0980. The quantitative estimate of drug-likeness (QED) is 0.586. The Morgan fingerprint density at radius 2 is 1.81 bits per heavy atom.